The van der Waals surface area contributed by atoms with Crippen LogP contribution >= 0.6 is 0 Å². The van der Waals surface area contributed by atoms with E-state index in [9.17, 15) is 18.0 Å². The lowest BCUT2D eigenvalue weighted by Crippen LogP contribution is -2.46. The van der Waals surface area contributed by atoms with Crippen molar-refractivity contribution in [3.8, 4) is 0 Å². The Morgan fingerprint density at radius 2 is 1.93 bits per heavy atom. The van der Waals surface area contributed by atoms with Crippen LogP contribution in [0.3, 0.4) is 0 Å². The number of sulfonamides is 1. The number of nitrogens with zero attached hydrogens (tertiary/aromatic N) is 1. The molecule has 1 atom stereocenters. The van der Waals surface area contributed by atoms with E-state index in [2.05, 4.69) is 10.6 Å². The van der Waals surface area contributed by atoms with Crippen molar-refractivity contribution >= 4 is 27.6 Å². The Hall–Kier alpha value is -2.13. The molecule has 3 amide bonds. The van der Waals surface area contributed by atoms with Crippen LogP contribution in [0.25, 0.3) is 0 Å². The molecule has 0 aliphatic carbocycles. The number of anilines is 1. The van der Waals surface area contributed by atoms with Crippen LogP contribution in [0, 0.1) is 0 Å². The van der Waals surface area contributed by atoms with Crippen molar-refractivity contribution < 1.29 is 18.0 Å². The van der Waals surface area contributed by atoms with Crippen molar-refractivity contribution in [1.82, 2.24) is 9.62 Å². The summed E-state index contributed by atoms with van der Waals surface area (Å²) in [6.45, 7) is 3.01. The number of carbonyl (C=O) groups excluding carboxylic acids is 2. The molecule has 1 aliphatic heterocycles. The number of nitrogens with one attached hydrogen (secondary N) is 2. The highest BCUT2D eigenvalue weighted by molar-refractivity contribution is 7.89. The maximum absolute atomic E-state index is 12.8. The van der Waals surface area contributed by atoms with E-state index >= 15 is 0 Å². The Bertz CT molecular complexity index is 760. The second-order valence-corrected chi connectivity index (χ2v) is 8.62. The first-order chi connectivity index (χ1) is 12.8. The molecule has 0 aromatic heterocycles. The molecule has 0 bridgehead atoms. The number of unbranched alkanes of at least 4 members (excludes halogenated alkanes) is 1. The lowest BCUT2D eigenvalue weighted by atomic mass is 10.1. The Kier molecular flexibility index (Phi) is 7.61. The smallest absolute Gasteiger partial charge is 0.312 e. The molecule has 2 rings (SSSR count). The summed E-state index contributed by atoms with van der Waals surface area (Å²) in [5, 5.41) is 5.11. The second-order valence-electron chi connectivity index (χ2n) is 6.69. The molecule has 0 saturated carbocycles. The molecule has 27 heavy (non-hydrogen) atoms. The molecule has 4 N–H and O–H groups in total. The van der Waals surface area contributed by atoms with E-state index in [0.29, 0.717) is 25.2 Å². The van der Waals surface area contributed by atoms with Gasteiger partial charge >= 0.3 is 6.03 Å². The van der Waals surface area contributed by atoms with E-state index in [1.807, 2.05) is 6.92 Å². The quantitative estimate of drug-likeness (QED) is 0.622. The van der Waals surface area contributed by atoms with Gasteiger partial charge in [-0.1, -0.05) is 32.3 Å². The van der Waals surface area contributed by atoms with Gasteiger partial charge in [0.1, 0.15) is 6.04 Å². The summed E-state index contributed by atoms with van der Waals surface area (Å²) >= 11 is 0. The lowest BCUT2D eigenvalue weighted by Gasteiger charge is -2.26. The summed E-state index contributed by atoms with van der Waals surface area (Å²) < 4.78 is 27.1. The lowest BCUT2D eigenvalue weighted by molar-refractivity contribution is -0.118. The number of hydrogen-bond acceptors (Lipinski definition) is 4. The van der Waals surface area contributed by atoms with Crippen LogP contribution in [0.5, 0.6) is 0 Å². The fourth-order valence-electron chi connectivity index (χ4n) is 3.07. The van der Waals surface area contributed by atoms with Crippen molar-refractivity contribution in [2.45, 2.75) is 56.4 Å². The number of hydrogen-bond donors (Lipinski definition) is 3. The number of nitrogens with two attached hydrogens (primary N) is 1. The third-order valence-electron chi connectivity index (χ3n) is 4.53. The van der Waals surface area contributed by atoms with Crippen molar-refractivity contribution in [2.75, 3.05) is 18.4 Å². The Morgan fingerprint density at radius 1 is 1.22 bits per heavy atom. The topological polar surface area (TPSA) is 122 Å². The third kappa shape index (κ3) is 5.93. The van der Waals surface area contributed by atoms with Crippen molar-refractivity contribution in [2.24, 2.45) is 5.73 Å². The van der Waals surface area contributed by atoms with Crippen LogP contribution in [-0.2, 0) is 14.8 Å². The number of benzene rings is 1. The molecule has 1 heterocycles. The zero-order valence-electron chi connectivity index (χ0n) is 15.6. The number of rotatable bonds is 8. The summed E-state index contributed by atoms with van der Waals surface area (Å²) in [4.78, 5) is 23.8. The Morgan fingerprint density at radius 3 is 2.56 bits per heavy atom. The minimum absolute atomic E-state index is 0.148. The minimum Gasteiger partial charge on any atom is -0.352 e. The van der Waals surface area contributed by atoms with E-state index in [1.54, 1.807) is 12.1 Å². The number of amides is 3. The number of piperidine rings is 1. The summed E-state index contributed by atoms with van der Waals surface area (Å²) in [7, 11) is -3.58. The first kappa shape index (κ1) is 21.2. The van der Waals surface area contributed by atoms with Gasteiger partial charge in [0.2, 0.25) is 15.9 Å². The summed E-state index contributed by atoms with van der Waals surface area (Å²) in [6.07, 6.45) is 4.82. The SMILES string of the molecule is CCCCC(NC(N)=O)C(=O)Nc1cccc(S(=O)(=O)N2CCCCC2)c1. The minimum atomic E-state index is -3.58. The molecule has 1 aromatic carbocycles. The van der Waals surface area contributed by atoms with Gasteiger partial charge in [-0.2, -0.15) is 4.31 Å². The molecular weight excluding hydrogens is 368 g/mol. The molecule has 0 radical (unpaired) electrons. The first-order valence-corrected chi connectivity index (χ1v) is 10.8. The predicted octanol–water partition coefficient (Wildman–Crippen LogP) is 2.03. The van der Waals surface area contributed by atoms with Gasteiger partial charge in [0.25, 0.3) is 0 Å². The first-order valence-electron chi connectivity index (χ1n) is 9.31. The standard InChI is InChI=1S/C18H28N4O4S/c1-2-3-10-16(21-18(19)24)17(23)20-14-8-7-9-15(13-14)27(25,26)22-11-5-4-6-12-22/h7-9,13,16H,2-6,10-12H2,1H3,(H,20,23)(H3,19,21,24). The fourth-order valence-corrected chi connectivity index (χ4v) is 4.63. The highest BCUT2D eigenvalue weighted by Gasteiger charge is 2.26. The van der Waals surface area contributed by atoms with Gasteiger partial charge in [-0.05, 0) is 37.5 Å². The zero-order valence-corrected chi connectivity index (χ0v) is 16.4. The van der Waals surface area contributed by atoms with Gasteiger partial charge in [-0.3, -0.25) is 4.79 Å². The molecule has 1 saturated heterocycles. The van der Waals surface area contributed by atoms with Crippen LogP contribution in [0.2, 0.25) is 0 Å². The Balaban J connectivity index is 2.13. The van der Waals surface area contributed by atoms with Gasteiger partial charge in [0.05, 0.1) is 4.90 Å². The molecule has 1 aromatic rings. The van der Waals surface area contributed by atoms with Crippen LogP contribution in [0.15, 0.2) is 29.2 Å². The van der Waals surface area contributed by atoms with Gasteiger partial charge in [-0.15, -0.1) is 0 Å². The average Bonchev–Trinajstić information content (AvgIpc) is 2.65. The largest absolute Gasteiger partial charge is 0.352 e. The van der Waals surface area contributed by atoms with Crippen LogP contribution < -0.4 is 16.4 Å². The number of urea groups is 1. The predicted molar refractivity (Wildman–Crippen MR) is 104 cm³/mol. The van der Waals surface area contributed by atoms with Crippen molar-refractivity contribution in [3.05, 3.63) is 24.3 Å². The van der Waals surface area contributed by atoms with E-state index in [1.165, 1.54) is 16.4 Å². The van der Waals surface area contributed by atoms with Gasteiger partial charge in [0, 0.05) is 18.8 Å². The molecule has 0 spiro atoms. The molecule has 1 unspecified atom stereocenters. The van der Waals surface area contributed by atoms with Gasteiger partial charge in [-0.25, -0.2) is 13.2 Å². The average molecular weight is 397 g/mol. The highest BCUT2D eigenvalue weighted by atomic mass is 32.2. The molecule has 150 valence electrons. The summed E-state index contributed by atoms with van der Waals surface area (Å²) in [5.41, 5.74) is 5.51. The highest BCUT2D eigenvalue weighted by Crippen LogP contribution is 2.23. The zero-order chi connectivity index (χ0) is 19.9. The van der Waals surface area contributed by atoms with Crippen LogP contribution in [0.4, 0.5) is 10.5 Å². The van der Waals surface area contributed by atoms with Gasteiger partial charge < -0.3 is 16.4 Å². The molecular formula is C18H28N4O4S. The summed E-state index contributed by atoms with van der Waals surface area (Å²) in [5.74, 6) is -0.422. The molecule has 9 heteroatoms. The fraction of sp³-hybridized carbons (Fsp3) is 0.556. The molecule has 8 nitrogen and oxygen atoms in total. The van der Waals surface area contributed by atoms with Gasteiger partial charge in [0.15, 0.2) is 0 Å². The number of primary amides is 1. The molecule has 1 fully saturated rings. The van der Waals surface area contributed by atoms with E-state index in [4.69, 9.17) is 5.73 Å². The van der Waals surface area contributed by atoms with Crippen molar-refractivity contribution in [1.29, 1.82) is 0 Å². The maximum Gasteiger partial charge on any atom is 0.312 e. The number of carbonyl (C=O) groups is 2. The van der Waals surface area contributed by atoms with E-state index < -0.39 is 28.0 Å². The Labute approximate surface area is 160 Å². The van der Waals surface area contributed by atoms with Crippen LogP contribution in [-0.4, -0.2) is 43.8 Å². The molecule has 1 aliphatic rings. The van der Waals surface area contributed by atoms with E-state index in [0.717, 1.165) is 32.1 Å². The van der Waals surface area contributed by atoms with Crippen molar-refractivity contribution in [3.63, 3.8) is 0 Å². The third-order valence-corrected chi connectivity index (χ3v) is 6.43. The maximum atomic E-state index is 12.8. The second kappa shape index (κ2) is 9.70. The summed E-state index contributed by atoms with van der Waals surface area (Å²) in [6, 6.07) is 4.65. The normalized spacial score (nSPS) is 16.5. The van der Waals surface area contributed by atoms with Crippen LogP contribution in [0.1, 0.15) is 45.4 Å². The monoisotopic (exact) mass is 396 g/mol. The van der Waals surface area contributed by atoms with E-state index in [-0.39, 0.29) is 4.90 Å².